The molecule has 0 unspecified atom stereocenters. The van der Waals surface area contributed by atoms with Crippen LogP contribution in [0.25, 0.3) is 0 Å². The molecule has 3 rings (SSSR count). The molecule has 0 spiro atoms. The number of anilines is 1. The van der Waals surface area contributed by atoms with Crippen LogP contribution in [0, 0.1) is 0 Å². The van der Waals surface area contributed by atoms with E-state index in [1.54, 1.807) is 7.05 Å². The van der Waals surface area contributed by atoms with Crippen LogP contribution < -0.4 is 10.5 Å². The first-order valence-electron chi connectivity index (χ1n) is 9.18. The van der Waals surface area contributed by atoms with E-state index in [4.69, 9.17) is 4.74 Å². The van der Waals surface area contributed by atoms with Crippen LogP contribution in [-0.2, 0) is 28.8 Å². The van der Waals surface area contributed by atoms with Crippen LogP contribution in [0.4, 0.5) is 18.9 Å². The highest BCUT2D eigenvalue weighted by Crippen LogP contribution is 2.28. The molecule has 2 heterocycles. The van der Waals surface area contributed by atoms with Crippen molar-refractivity contribution in [1.82, 2.24) is 9.47 Å². The van der Waals surface area contributed by atoms with Gasteiger partial charge in [-0.3, -0.25) is 9.59 Å². The molecule has 9 heteroatoms. The monoisotopic (exact) mass is 409 g/mol. The Morgan fingerprint density at radius 1 is 1.14 bits per heavy atom. The number of pyridine rings is 1. The average Bonchev–Trinajstić information content (AvgIpc) is 2.69. The van der Waals surface area contributed by atoms with Crippen molar-refractivity contribution >= 4 is 11.6 Å². The lowest BCUT2D eigenvalue weighted by atomic mass is 10.1. The number of halogens is 3. The van der Waals surface area contributed by atoms with Gasteiger partial charge in [0.25, 0.3) is 5.56 Å². The molecule has 1 fully saturated rings. The largest absolute Gasteiger partial charge is 0.417 e. The molecule has 0 bridgehead atoms. The smallest absolute Gasteiger partial charge is 0.378 e. The minimum atomic E-state index is -4.58. The summed E-state index contributed by atoms with van der Waals surface area (Å²) in [6.45, 7) is 2.56. The van der Waals surface area contributed by atoms with E-state index < -0.39 is 29.8 Å². The van der Waals surface area contributed by atoms with Crippen LogP contribution >= 0.6 is 0 Å². The summed E-state index contributed by atoms with van der Waals surface area (Å²) in [6.07, 6.45) is -3.91. The lowest BCUT2D eigenvalue weighted by Crippen LogP contribution is -2.38. The molecule has 0 aliphatic carbocycles. The zero-order chi connectivity index (χ0) is 21.0. The van der Waals surface area contributed by atoms with Crippen LogP contribution in [0.1, 0.15) is 11.1 Å². The molecule has 2 aromatic rings. The van der Waals surface area contributed by atoms with Gasteiger partial charge in [0.15, 0.2) is 0 Å². The molecule has 1 saturated heterocycles. The Morgan fingerprint density at radius 2 is 1.83 bits per heavy atom. The van der Waals surface area contributed by atoms with Crippen molar-refractivity contribution in [2.24, 2.45) is 0 Å². The molecule has 29 heavy (non-hydrogen) atoms. The summed E-state index contributed by atoms with van der Waals surface area (Å²) in [5.74, 6) is -0.455. The van der Waals surface area contributed by atoms with Crippen molar-refractivity contribution < 1.29 is 22.7 Å². The van der Waals surface area contributed by atoms with E-state index in [2.05, 4.69) is 4.90 Å². The van der Waals surface area contributed by atoms with Crippen LogP contribution in [0.15, 0.2) is 47.4 Å². The van der Waals surface area contributed by atoms with E-state index in [1.807, 2.05) is 24.3 Å². The number of nitrogens with zero attached hydrogens (tertiary/aromatic N) is 3. The number of hydrogen-bond donors (Lipinski definition) is 0. The van der Waals surface area contributed by atoms with Gasteiger partial charge in [-0.15, -0.1) is 0 Å². The fraction of sp³-hybridized carbons (Fsp3) is 0.400. The molecule has 1 aromatic heterocycles. The van der Waals surface area contributed by atoms with E-state index in [0.29, 0.717) is 25.5 Å². The quantitative estimate of drug-likeness (QED) is 0.761. The Labute approximate surface area is 166 Å². The summed E-state index contributed by atoms with van der Waals surface area (Å²) in [5.41, 5.74) is 0.284. The molecule has 0 saturated carbocycles. The number of benzene rings is 1. The molecule has 1 amide bonds. The fourth-order valence-electron chi connectivity index (χ4n) is 3.19. The van der Waals surface area contributed by atoms with Crippen molar-refractivity contribution in [3.63, 3.8) is 0 Å². The molecule has 1 aliphatic heterocycles. The first-order chi connectivity index (χ1) is 13.8. The van der Waals surface area contributed by atoms with Crippen LogP contribution in [-0.4, -0.2) is 48.7 Å². The molecule has 0 radical (unpaired) electrons. The highest BCUT2D eigenvalue weighted by Gasteiger charge is 2.31. The topological polar surface area (TPSA) is 54.8 Å². The summed E-state index contributed by atoms with van der Waals surface area (Å²) in [7, 11) is 1.57. The number of carbonyl (C=O) groups is 1. The predicted octanol–water partition coefficient (Wildman–Crippen LogP) is 2.36. The van der Waals surface area contributed by atoms with Crippen molar-refractivity contribution in [3.05, 3.63) is 64.1 Å². The molecule has 0 N–H and O–H groups in total. The maximum absolute atomic E-state index is 12.9. The van der Waals surface area contributed by atoms with Crippen molar-refractivity contribution in [1.29, 1.82) is 0 Å². The zero-order valence-electron chi connectivity index (χ0n) is 16.0. The number of para-hydroxylation sites is 1. The number of rotatable bonds is 5. The fourth-order valence-corrected chi connectivity index (χ4v) is 3.19. The minimum Gasteiger partial charge on any atom is -0.378 e. The summed E-state index contributed by atoms with van der Waals surface area (Å²) < 4.78 is 44.8. The number of morpholine rings is 1. The number of aromatic nitrogens is 1. The lowest BCUT2D eigenvalue weighted by Gasteiger charge is -2.31. The third-order valence-corrected chi connectivity index (χ3v) is 4.79. The Bertz CT molecular complexity index is 921. The average molecular weight is 409 g/mol. The van der Waals surface area contributed by atoms with E-state index in [-0.39, 0.29) is 6.54 Å². The highest BCUT2D eigenvalue weighted by molar-refractivity contribution is 5.76. The second-order valence-electron chi connectivity index (χ2n) is 6.86. The van der Waals surface area contributed by atoms with Crippen LogP contribution in [0.2, 0.25) is 0 Å². The Morgan fingerprint density at radius 3 is 2.52 bits per heavy atom. The first-order valence-corrected chi connectivity index (χ1v) is 9.18. The third kappa shape index (κ3) is 5.17. The zero-order valence-corrected chi connectivity index (χ0v) is 16.0. The molecule has 6 nitrogen and oxygen atoms in total. The van der Waals surface area contributed by atoms with Gasteiger partial charge in [0.2, 0.25) is 5.91 Å². The normalized spacial score (nSPS) is 14.7. The molecular weight excluding hydrogens is 387 g/mol. The van der Waals surface area contributed by atoms with Crippen LogP contribution in [0.5, 0.6) is 0 Å². The maximum Gasteiger partial charge on any atom is 0.417 e. The predicted molar refractivity (Wildman–Crippen MR) is 102 cm³/mol. The number of ether oxygens (including phenoxy) is 1. The second-order valence-corrected chi connectivity index (χ2v) is 6.86. The van der Waals surface area contributed by atoms with Gasteiger partial charge < -0.3 is 19.1 Å². The molecule has 0 atom stereocenters. The van der Waals surface area contributed by atoms with Crippen molar-refractivity contribution in [2.75, 3.05) is 38.3 Å². The maximum atomic E-state index is 12.9. The summed E-state index contributed by atoms with van der Waals surface area (Å²) in [6, 6.07) is 9.20. The van der Waals surface area contributed by atoms with E-state index in [0.717, 1.165) is 35.0 Å². The number of hydrogen-bond acceptors (Lipinski definition) is 4. The van der Waals surface area contributed by atoms with Gasteiger partial charge in [-0.1, -0.05) is 18.2 Å². The SMILES string of the molecule is CN(Cc1ccccc1N1CCOCC1)C(=O)Cn1cc(C(F)(F)F)ccc1=O. The number of carbonyl (C=O) groups excluding carboxylic acids is 1. The van der Waals surface area contributed by atoms with E-state index in [1.165, 1.54) is 4.90 Å². The number of alkyl halides is 3. The van der Waals surface area contributed by atoms with Gasteiger partial charge in [0, 0.05) is 44.6 Å². The summed E-state index contributed by atoms with van der Waals surface area (Å²) in [5, 5.41) is 0. The standard InChI is InChI=1S/C20H22F3N3O3/c1-24(12-15-4-2-3-5-17(15)25-8-10-29-11-9-25)19(28)14-26-13-16(20(21,22)23)6-7-18(26)27/h2-7,13H,8-12,14H2,1H3. The molecular formula is C20H22F3N3O3. The molecule has 1 aromatic carbocycles. The Hall–Kier alpha value is -2.81. The van der Waals surface area contributed by atoms with Gasteiger partial charge >= 0.3 is 6.18 Å². The third-order valence-electron chi connectivity index (χ3n) is 4.79. The Balaban J connectivity index is 1.73. The van der Waals surface area contributed by atoms with Gasteiger partial charge in [0.05, 0.1) is 18.8 Å². The van der Waals surface area contributed by atoms with Gasteiger partial charge in [0.1, 0.15) is 6.54 Å². The first kappa shape index (κ1) is 20.9. The summed E-state index contributed by atoms with van der Waals surface area (Å²) in [4.78, 5) is 28.0. The minimum absolute atomic E-state index is 0.278. The van der Waals surface area contributed by atoms with Gasteiger partial charge in [-0.25, -0.2) is 0 Å². The van der Waals surface area contributed by atoms with Crippen molar-refractivity contribution in [2.45, 2.75) is 19.3 Å². The van der Waals surface area contributed by atoms with E-state index >= 15 is 0 Å². The van der Waals surface area contributed by atoms with Crippen LogP contribution in [0.3, 0.4) is 0 Å². The molecule has 156 valence electrons. The highest BCUT2D eigenvalue weighted by atomic mass is 19.4. The lowest BCUT2D eigenvalue weighted by molar-refractivity contribution is -0.138. The van der Waals surface area contributed by atoms with Gasteiger partial charge in [-0.05, 0) is 17.7 Å². The number of likely N-dealkylation sites (N-methyl/N-ethyl adjacent to an activating group) is 1. The van der Waals surface area contributed by atoms with Crippen molar-refractivity contribution in [3.8, 4) is 0 Å². The Kier molecular flexibility index (Phi) is 6.26. The van der Waals surface area contributed by atoms with E-state index in [9.17, 15) is 22.8 Å². The number of amides is 1. The molecule has 1 aliphatic rings. The second kappa shape index (κ2) is 8.69. The van der Waals surface area contributed by atoms with Gasteiger partial charge in [-0.2, -0.15) is 13.2 Å². The summed E-state index contributed by atoms with van der Waals surface area (Å²) >= 11 is 0.